The van der Waals surface area contributed by atoms with Gasteiger partial charge < -0.3 is 5.32 Å². The average Bonchev–Trinajstić information content (AvgIpc) is 2.78. The lowest BCUT2D eigenvalue weighted by atomic mass is 10.1. The van der Waals surface area contributed by atoms with Gasteiger partial charge in [0.25, 0.3) is 0 Å². The minimum absolute atomic E-state index is 0.00799. The summed E-state index contributed by atoms with van der Waals surface area (Å²) in [5.41, 5.74) is 2.03. The van der Waals surface area contributed by atoms with Gasteiger partial charge in [-0.25, -0.2) is 9.37 Å². The standard InChI is InChI=1S/C14H16BrFN2S/c1-3-6-17-13(14-18-9(2)8-19-14)11-5-4-10(16)7-12(11)15/h4-5,7-8,13,17H,3,6H2,1-2H3. The predicted octanol–water partition coefficient (Wildman–Crippen LogP) is 4.44. The van der Waals surface area contributed by atoms with Crippen LogP contribution in [0.15, 0.2) is 28.1 Å². The molecule has 0 aliphatic rings. The quantitative estimate of drug-likeness (QED) is 0.868. The fourth-order valence-electron chi connectivity index (χ4n) is 1.86. The number of aryl methyl sites for hydroxylation is 1. The Balaban J connectivity index is 2.36. The zero-order valence-corrected chi connectivity index (χ0v) is 13.3. The lowest BCUT2D eigenvalue weighted by Gasteiger charge is -2.18. The van der Waals surface area contributed by atoms with Gasteiger partial charge in [-0.15, -0.1) is 11.3 Å². The molecule has 1 N–H and O–H groups in total. The fourth-order valence-corrected chi connectivity index (χ4v) is 3.33. The summed E-state index contributed by atoms with van der Waals surface area (Å²) in [4.78, 5) is 4.55. The van der Waals surface area contributed by atoms with Crippen LogP contribution in [0.1, 0.15) is 35.7 Å². The van der Waals surface area contributed by atoms with Crippen LogP contribution in [0.25, 0.3) is 0 Å². The molecule has 2 rings (SSSR count). The first-order chi connectivity index (χ1) is 9.11. The topological polar surface area (TPSA) is 24.9 Å². The van der Waals surface area contributed by atoms with E-state index >= 15 is 0 Å². The summed E-state index contributed by atoms with van der Waals surface area (Å²) in [5, 5.41) is 6.52. The second-order valence-corrected chi connectivity index (χ2v) is 6.12. The molecular weight excluding hydrogens is 327 g/mol. The normalized spacial score (nSPS) is 12.6. The van der Waals surface area contributed by atoms with Crippen LogP contribution in [0.4, 0.5) is 4.39 Å². The number of halogens is 2. The van der Waals surface area contributed by atoms with E-state index in [1.807, 2.05) is 18.4 Å². The molecule has 1 aromatic carbocycles. The molecule has 0 radical (unpaired) electrons. The van der Waals surface area contributed by atoms with E-state index in [0.29, 0.717) is 0 Å². The molecule has 5 heteroatoms. The van der Waals surface area contributed by atoms with Crippen molar-refractivity contribution in [1.29, 1.82) is 0 Å². The van der Waals surface area contributed by atoms with Crippen LogP contribution >= 0.6 is 27.3 Å². The summed E-state index contributed by atoms with van der Waals surface area (Å²) in [6.07, 6.45) is 1.04. The summed E-state index contributed by atoms with van der Waals surface area (Å²) in [7, 11) is 0. The fraction of sp³-hybridized carbons (Fsp3) is 0.357. The molecule has 1 unspecified atom stereocenters. The Kier molecular flexibility index (Phi) is 5.07. The highest BCUT2D eigenvalue weighted by molar-refractivity contribution is 9.10. The van der Waals surface area contributed by atoms with Crippen LogP contribution in [0.3, 0.4) is 0 Å². The lowest BCUT2D eigenvalue weighted by molar-refractivity contribution is 0.588. The molecule has 0 aliphatic carbocycles. The second kappa shape index (κ2) is 6.59. The number of nitrogens with one attached hydrogen (secondary N) is 1. The van der Waals surface area contributed by atoms with Crippen molar-refractivity contribution in [3.63, 3.8) is 0 Å². The van der Waals surface area contributed by atoms with Crippen molar-refractivity contribution >= 4 is 27.3 Å². The molecule has 0 fully saturated rings. The Morgan fingerprint density at radius 3 is 2.84 bits per heavy atom. The molecule has 102 valence electrons. The van der Waals surface area contributed by atoms with Crippen molar-refractivity contribution in [3.8, 4) is 0 Å². The van der Waals surface area contributed by atoms with E-state index in [1.165, 1.54) is 12.1 Å². The third kappa shape index (κ3) is 3.61. The Bertz CT molecular complexity index is 556. The van der Waals surface area contributed by atoms with Gasteiger partial charge in [-0.2, -0.15) is 0 Å². The summed E-state index contributed by atoms with van der Waals surface area (Å²) in [6, 6.07) is 4.80. The van der Waals surface area contributed by atoms with E-state index in [1.54, 1.807) is 11.3 Å². The van der Waals surface area contributed by atoms with Gasteiger partial charge in [0.1, 0.15) is 10.8 Å². The molecule has 2 aromatic rings. The van der Waals surface area contributed by atoms with Crippen molar-refractivity contribution in [1.82, 2.24) is 10.3 Å². The van der Waals surface area contributed by atoms with Crippen molar-refractivity contribution in [3.05, 3.63) is 50.1 Å². The number of aromatic nitrogens is 1. The Hall–Kier alpha value is -0.780. The Morgan fingerprint density at radius 2 is 2.26 bits per heavy atom. The third-order valence-corrected chi connectivity index (χ3v) is 4.47. The van der Waals surface area contributed by atoms with E-state index < -0.39 is 0 Å². The first-order valence-electron chi connectivity index (χ1n) is 6.22. The third-order valence-electron chi connectivity index (χ3n) is 2.76. The molecule has 0 saturated heterocycles. The molecule has 2 nitrogen and oxygen atoms in total. The van der Waals surface area contributed by atoms with Gasteiger partial charge in [0.05, 0.1) is 6.04 Å². The van der Waals surface area contributed by atoms with Crippen molar-refractivity contribution < 1.29 is 4.39 Å². The number of nitrogens with zero attached hydrogens (tertiary/aromatic N) is 1. The van der Waals surface area contributed by atoms with Crippen LogP contribution in [0.5, 0.6) is 0 Å². The van der Waals surface area contributed by atoms with E-state index in [9.17, 15) is 4.39 Å². The maximum atomic E-state index is 13.2. The molecule has 0 spiro atoms. The first kappa shape index (κ1) is 14.6. The van der Waals surface area contributed by atoms with E-state index in [4.69, 9.17) is 0 Å². The molecule has 0 amide bonds. The summed E-state index contributed by atoms with van der Waals surface area (Å²) >= 11 is 5.07. The summed E-state index contributed by atoms with van der Waals surface area (Å²) in [6.45, 7) is 5.00. The number of thiazole rings is 1. The Morgan fingerprint density at radius 1 is 1.47 bits per heavy atom. The number of benzene rings is 1. The first-order valence-corrected chi connectivity index (χ1v) is 7.89. The molecule has 19 heavy (non-hydrogen) atoms. The lowest BCUT2D eigenvalue weighted by Crippen LogP contribution is -2.23. The van der Waals surface area contributed by atoms with Crippen molar-refractivity contribution in [2.75, 3.05) is 6.54 Å². The van der Waals surface area contributed by atoms with Crippen LogP contribution in [-0.2, 0) is 0 Å². The van der Waals surface area contributed by atoms with Crippen molar-refractivity contribution in [2.45, 2.75) is 26.3 Å². The molecule has 0 aliphatic heterocycles. The molecule has 0 bridgehead atoms. The average molecular weight is 343 g/mol. The number of hydrogen-bond donors (Lipinski definition) is 1. The van der Waals surface area contributed by atoms with Crippen LogP contribution in [0, 0.1) is 12.7 Å². The van der Waals surface area contributed by atoms with Crippen LogP contribution in [-0.4, -0.2) is 11.5 Å². The highest BCUT2D eigenvalue weighted by Crippen LogP contribution is 2.30. The number of hydrogen-bond acceptors (Lipinski definition) is 3. The highest BCUT2D eigenvalue weighted by atomic mass is 79.9. The molecule has 1 aromatic heterocycles. The molecular formula is C14H16BrFN2S. The van der Waals surface area contributed by atoms with Crippen LogP contribution in [0.2, 0.25) is 0 Å². The van der Waals surface area contributed by atoms with Gasteiger partial charge >= 0.3 is 0 Å². The smallest absolute Gasteiger partial charge is 0.124 e. The molecule has 0 saturated carbocycles. The van der Waals surface area contributed by atoms with Gasteiger partial charge in [0, 0.05) is 15.5 Å². The van der Waals surface area contributed by atoms with Crippen molar-refractivity contribution in [2.24, 2.45) is 0 Å². The largest absolute Gasteiger partial charge is 0.304 e. The van der Waals surface area contributed by atoms with Gasteiger partial charge in [-0.05, 0) is 37.6 Å². The van der Waals surface area contributed by atoms with Gasteiger partial charge in [0.2, 0.25) is 0 Å². The SMILES string of the molecule is CCCNC(c1nc(C)cs1)c1ccc(F)cc1Br. The maximum absolute atomic E-state index is 13.2. The van der Waals surface area contributed by atoms with E-state index in [0.717, 1.165) is 33.7 Å². The summed E-state index contributed by atoms with van der Waals surface area (Å²) < 4.78 is 14.0. The molecule has 1 heterocycles. The summed E-state index contributed by atoms with van der Waals surface area (Å²) in [5.74, 6) is -0.236. The van der Waals surface area contributed by atoms with Crippen LogP contribution < -0.4 is 5.32 Å². The Labute approximate surface area is 125 Å². The minimum Gasteiger partial charge on any atom is -0.304 e. The van der Waals surface area contributed by atoms with Gasteiger partial charge in [-0.1, -0.05) is 28.9 Å². The zero-order chi connectivity index (χ0) is 13.8. The predicted molar refractivity (Wildman–Crippen MR) is 81.1 cm³/mol. The van der Waals surface area contributed by atoms with Gasteiger partial charge in [0.15, 0.2) is 0 Å². The highest BCUT2D eigenvalue weighted by Gasteiger charge is 2.19. The minimum atomic E-state index is -0.236. The van der Waals surface area contributed by atoms with E-state index in [2.05, 4.69) is 33.2 Å². The van der Waals surface area contributed by atoms with E-state index in [-0.39, 0.29) is 11.9 Å². The monoisotopic (exact) mass is 342 g/mol. The zero-order valence-electron chi connectivity index (χ0n) is 10.9. The molecule has 1 atom stereocenters. The second-order valence-electron chi connectivity index (χ2n) is 4.38. The van der Waals surface area contributed by atoms with Gasteiger partial charge in [-0.3, -0.25) is 0 Å². The maximum Gasteiger partial charge on any atom is 0.124 e. The number of rotatable bonds is 5.